The molecule has 19 heavy (non-hydrogen) atoms. The minimum atomic E-state index is -4.72. The van der Waals surface area contributed by atoms with Gasteiger partial charge in [0, 0.05) is 24.0 Å². The number of carbonyl (C=O) groups is 1. The first-order chi connectivity index (χ1) is 8.78. The van der Waals surface area contributed by atoms with Crippen molar-refractivity contribution < 1.29 is 23.1 Å². The molecule has 0 aliphatic carbocycles. The van der Waals surface area contributed by atoms with Gasteiger partial charge in [0.05, 0.1) is 0 Å². The lowest BCUT2D eigenvalue weighted by atomic mass is 9.86. The number of carboxylic acid groups (broad SMARTS) is 1. The number of hydrogen-bond acceptors (Lipinski definition) is 3. The number of aliphatic carboxylic acids is 1. The Morgan fingerprint density at radius 3 is 2.68 bits per heavy atom. The minimum Gasteiger partial charge on any atom is -0.481 e. The highest BCUT2D eigenvalue weighted by atomic mass is 32.1. The summed E-state index contributed by atoms with van der Waals surface area (Å²) in [6.07, 6.45) is -5.11. The van der Waals surface area contributed by atoms with E-state index in [0.29, 0.717) is 0 Å². The third-order valence-electron chi connectivity index (χ3n) is 3.75. The summed E-state index contributed by atoms with van der Waals surface area (Å²) in [6, 6.07) is 3.49. The zero-order chi connectivity index (χ0) is 14.3. The molecule has 2 unspecified atom stereocenters. The summed E-state index contributed by atoms with van der Waals surface area (Å²) in [5.41, 5.74) is -2.63. The normalized spacial score (nSPS) is 26.5. The lowest BCUT2D eigenvalue weighted by Gasteiger charge is -2.29. The van der Waals surface area contributed by atoms with Gasteiger partial charge in [-0.15, -0.1) is 11.3 Å². The van der Waals surface area contributed by atoms with Crippen LogP contribution in [0.25, 0.3) is 0 Å². The molecular formula is C12H14F3NO2S. The fraction of sp³-hybridized carbons (Fsp3) is 0.583. The van der Waals surface area contributed by atoms with Crippen LogP contribution in [0, 0.1) is 5.41 Å². The van der Waals surface area contributed by atoms with E-state index in [1.165, 1.54) is 11.3 Å². The Balaban J connectivity index is 2.20. The maximum absolute atomic E-state index is 13.0. The van der Waals surface area contributed by atoms with E-state index in [1.54, 1.807) is 11.8 Å². The highest BCUT2D eigenvalue weighted by Gasteiger charge is 2.63. The van der Waals surface area contributed by atoms with Crippen molar-refractivity contribution in [2.45, 2.75) is 25.6 Å². The third-order valence-corrected chi connectivity index (χ3v) is 4.80. The molecule has 1 saturated heterocycles. The molecule has 1 aliphatic heterocycles. The van der Waals surface area contributed by atoms with Gasteiger partial charge >= 0.3 is 12.1 Å². The summed E-state index contributed by atoms with van der Waals surface area (Å²) in [4.78, 5) is 13.6. The number of hydrogen-bond donors (Lipinski definition) is 1. The van der Waals surface area contributed by atoms with E-state index in [1.807, 2.05) is 17.5 Å². The van der Waals surface area contributed by atoms with E-state index in [4.69, 9.17) is 5.11 Å². The Hall–Kier alpha value is -1.08. The number of halogens is 3. The second kappa shape index (κ2) is 4.79. The summed E-state index contributed by atoms with van der Waals surface area (Å²) in [5, 5.41) is 10.8. The standard InChI is InChI=1S/C12H14F3NO2S/c1-8(9-3-2-6-19-9)16-5-4-11(7-16,10(17)18)12(13,14)15/h2-3,6,8H,4-5,7H2,1H3,(H,17,18). The van der Waals surface area contributed by atoms with E-state index in [2.05, 4.69) is 0 Å². The van der Waals surface area contributed by atoms with Crippen molar-refractivity contribution in [3.8, 4) is 0 Å². The second-order valence-corrected chi connectivity index (χ2v) is 5.78. The molecule has 1 fully saturated rings. The van der Waals surface area contributed by atoms with Crippen LogP contribution in [0.5, 0.6) is 0 Å². The van der Waals surface area contributed by atoms with E-state index >= 15 is 0 Å². The Labute approximate surface area is 112 Å². The van der Waals surface area contributed by atoms with Crippen LogP contribution in [0.4, 0.5) is 13.2 Å². The molecule has 7 heteroatoms. The largest absolute Gasteiger partial charge is 0.481 e. The van der Waals surface area contributed by atoms with Crippen LogP contribution in [0.2, 0.25) is 0 Å². The first kappa shape index (κ1) is 14.3. The van der Waals surface area contributed by atoms with Gasteiger partial charge in [0.25, 0.3) is 0 Å². The van der Waals surface area contributed by atoms with E-state index in [9.17, 15) is 18.0 Å². The van der Waals surface area contributed by atoms with Crippen molar-refractivity contribution in [2.75, 3.05) is 13.1 Å². The highest BCUT2D eigenvalue weighted by molar-refractivity contribution is 7.10. The summed E-state index contributed by atoms with van der Waals surface area (Å²) < 4.78 is 39.1. The molecule has 1 aliphatic rings. The van der Waals surface area contributed by atoms with Gasteiger partial charge in [-0.2, -0.15) is 13.2 Å². The fourth-order valence-electron chi connectivity index (χ4n) is 2.41. The van der Waals surface area contributed by atoms with Crippen molar-refractivity contribution in [3.05, 3.63) is 22.4 Å². The Morgan fingerprint density at radius 2 is 2.26 bits per heavy atom. The molecule has 2 rings (SSSR count). The van der Waals surface area contributed by atoms with Gasteiger partial charge in [-0.3, -0.25) is 9.69 Å². The molecule has 0 amide bonds. The van der Waals surface area contributed by atoms with Crippen LogP contribution >= 0.6 is 11.3 Å². The van der Waals surface area contributed by atoms with Crippen molar-refractivity contribution >= 4 is 17.3 Å². The quantitative estimate of drug-likeness (QED) is 0.930. The molecule has 1 aromatic heterocycles. The molecular weight excluding hydrogens is 279 g/mol. The van der Waals surface area contributed by atoms with Crippen LogP contribution in [0.3, 0.4) is 0 Å². The highest BCUT2D eigenvalue weighted by Crippen LogP contribution is 2.47. The first-order valence-corrected chi connectivity index (χ1v) is 6.73. The van der Waals surface area contributed by atoms with Gasteiger partial charge in [-0.05, 0) is 24.8 Å². The molecule has 0 saturated carbocycles. The average molecular weight is 293 g/mol. The second-order valence-electron chi connectivity index (χ2n) is 4.80. The van der Waals surface area contributed by atoms with Crippen LogP contribution in [0.1, 0.15) is 24.3 Å². The molecule has 1 N–H and O–H groups in total. The predicted molar refractivity (Wildman–Crippen MR) is 65.0 cm³/mol. The monoisotopic (exact) mass is 293 g/mol. The van der Waals surface area contributed by atoms with E-state index < -0.39 is 24.1 Å². The first-order valence-electron chi connectivity index (χ1n) is 5.85. The van der Waals surface area contributed by atoms with E-state index in [-0.39, 0.29) is 19.0 Å². The number of nitrogens with zero attached hydrogens (tertiary/aromatic N) is 1. The van der Waals surface area contributed by atoms with Crippen LogP contribution in [-0.4, -0.2) is 35.2 Å². The molecule has 0 spiro atoms. The average Bonchev–Trinajstić information content (AvgIpc) is 2.97. The summed E-state index contributed by atoms with van der Waals surface area (Å²) in [5.74, 6) is -1.78. The lowest BCUT2D eigenvalue weighted by Crippen LogP contribution is -2.47. The van der Waals surface area contributed by atoms with Crippen molar-refractivity contribution in [2.24, 2.45) is 5.41 Å². The van der Waals surface area contributed by atoms with Crippen LogP contribution < -0.4 is 0 Å². The molecule has 106 valence electrons. The topological polar surface area (TPSA) is 40.5 Å². The van der Waals surface area contributed by atoms with Crippen molar-refractivity contribution in [1.82, 2.24) is 4.90 Å². The molecule has 0 radical (unpaired) electrons. The predicted octanol–water partition coefficient (Wildman–Crippen LogP) is 3.15. The minimum absolute atomic E-state index is 0.144. The Morgan fingerprint density at radius 1 is 1.58 bits per heavy atom. The molecule has 0 aromatic carbocycles. The molecule has 0 bridgehead atoms. The van der Waals surface area contributed by atoms with Crippen LogP contribution in [-0.2, 0) is 4.79 Å². The fourth-order valence-corrected chi connectivity index (χ4v) is 3.22. The van der Waals surface area contributed by atoms with Gasteiger partial charge in [0.15, 0.2) is 5.41 Å². The number of thiophene rings is 1. The maximum Gasteiger partial charge on any atom is 0.406 e. The molecule has 1 aromatic rings. The van der Waals surface area contributed by atoms with Gasteiger partial charge in [-0.1, -0.05) is 6.07 Å². The zero-order valence-corrected chi connectivity index (χ0v) is 11.1. The van der Waals surface area contributed by atoms with Gasteiger partial charge < -0.3 is 5.11 Å². The van der Waals surface area contributed by atoms with Crippen molar-refractivity contribution in [3.63, 3.8) is 0 Å². The summed E-state index contributed by atoms with van der Waals surface area (Å²) in [6.45, 7) is 1.47. The number of likely N-dealkylation sites (tertiary alicyclic amines) is 1. The molecule has 2 atom stereocenters. The van der Waals surface area contributed by atoms with Gasteiger partial charge in [0.2, 0.25) is 0 Å². The summed E-state index contributed by atoms with van der Waals surface area (Å²) in [7, 11) is 0. The smallest absolute Gasteiger partial charge is 0.406 e. The zero-order valence-electron chi connectivity index (χ0n) is 10.3. The summed E-state index contributed by atoms with van der Waals surface area (Å²) >= 11 is 1.46. The van der Waals surface area contributed by atoms with Crippen molar-refractivity contribution in [1.29, 1.82) is 0 Å². The maximum atomic E-state index is 13.0. The van der Waals surface area contributed by atoms with E-state index in [0.717, 1.165) is 4.88 Å². The number of alkyl halides is 3. The molecule has 2 heterocycles. The number of rotatable bonds is 3. The van der Waals surface area contributed by atoms with Crippen LogP contribution in [0.15, 0.2) is 17.5 Å². The Bertz CT molecular complexity index is 460. The Kier molecular flexibility index (Phi) is 3.61. The SMILES string of the molecule is CC(c1cccs1)N1CCC(C(=O)O)(C(F)(F)F)C1. The van der Waals surface area contributed by atoms with Gasteiger partial charge in [0.1, 0.15) is 0 Å². The third kappa shape index (κ3) is 2.36. The van der Waals surface area contributed by atoms with Gasteiger partial charge in [-0.25, -0.2) is 0 Å². The number of carboxylic acids is 1. The lowest BCUT2D eigenvalue weighted by molar-refractivity contribution is -0.227. The molecule has 3 nitrogen and oxygen atoms in total.